The number of fused-ring (bicyclic) bond motifs is 20. The summed E-state index contributed by atoms with van der Waals surface area (Å²) in [5.74, 6) is 0. The summed E-state index contributed by atoms with van der Waals surface area (Å²) in [5, 5.41) is 8.27. The molecule has 330 valence electrons. The van der Waals surface area contributed by atoms with Crippen LogP contribution >= 0.6 is 22.7 Å². The lowest BCUT2D eigenvalue weighted by Gasteiger charge is -2.43. The van der Waals surface area contributed by atoms with Crippen molar-refractivity contribution in [1.82, 2.24) is 4.57 Å². The first-order valence-corrected chi connectivity index (χ1v) is 26.4. The summed E-state index contributed by atoms with van der Waals surface area (Å²) in [5.41, 5.74) is 22.1. The molecule has 2 nitrogen and oxygen atoms in total. The maximum atomic E-state index is 2.77. The molecule has 0 radical (unpaired) electrons. The van der Waals surface area contributed by atoms with Crippen LogP contribution in [0.1, 0.15) is 103 Å². The maximum absolute atomic E-state index is 2.77. The predicted molar refractivity (Wildman–Crippen MR) is 297 cm³/mol. The Bertz CT molecular complexity index is 4110. The van der Waals surface area contributed by atoms with Crippen LogP contribution in [-0.4, -0.2) is 11.4 Å². The highest BCUT2D eigenvalue weighted by molar-refractivity contribution is 7.27. The lowest BCUT2D eigenvalue weighted by atomic mass is 9.43. The topological polar surface area (TPSA) is 8.17 Å². The van der Waals surface area contributed by atoms with E-state index in [1.165, 1.54) is 153 Å². The lowest BCUT2D eigenvalue weighted by molar-refractivity contribution is 0.332. The molecule has 11 aromatic rings. The van der Waals surface area contributed by atoms with Crippen molar-refractivity contribution in [3.05, 3.63) is 161 Å². The van der Waals surface area contributed by atoms with Gasteiger partial charge in [0.2, 0.25) is 0 Å². The van der Waals surface area contributed by atoms with Gasteiger partial charge in [0.05, 0.1) is 11.0 Å². The molecule has 5 heterocycles. The second-order valence-electron chi connectivity index (χ2n) is 23.5. The molecular formula is C63H53BN2S2. The van der Waals surface area contributed by atoms with E-state index in [-0.39, 0.29) is 28.5 Å². The number of nitrogens with zero attached hydrogens (tertiary/aromatic N) is 2. The third-order valence-corrected chi connectivity index (χ3v) is 19.7. The Morgan fingerprint density at radius 1 is 0.529 bits per heavy atom. The van der Waals surface area contributed by atoms with Gasteiger partial charge in [0.25, 0.3) is 0 Å². The van der Waals surface area contributed by atoms with Gasteiger partial charge < -0.3 is 9.38 Å². The van der Waals surface area contributed by atoms with E-state index in [0.717, 1.165) is 0 Å². The maximum Gasteiger partial charge on any atom is 0.333 e. The summed E-state index contributed by atoms with van der Waals surface area (Å²) in [6, 6.07) is 52.9. The summed E-state index contributed by atoms with van der Waals surface area (Å²) in [4.78, 5) is 2.77. The molecule has 0 saturated heterocycles. The number of benzene rings is 8. The van der Waals surface area contributed by atoms with Crippen LogP contribution in [-0.2, 0) is 21.7 Å². The van der Waals surface area contributed by atoms with Crippen LogP contribution < -0.4 is 15.7 Å². The van der Waals surface area contributed by atoms with E-state index in [2.05, 4.69) is 205 Å². The fraction of sp³-hybridized carbons (Fsp3) is 0.238. The molecule has 2 aliphatic heterocycles. The Balaban J connectivity index is 1.20. The first-order valence-electron chi connectivity index (χ1n) is 24.7. The van der Waals surface area contributed by atoms with Crippen LogP contribution in [0.2, 0.25) is 0 Å². The van der Waals surface area contributed by atoms with E-state index in [0.29, 0.717) is 0 Å². The number of hydrogen-bond donors (Lipinski definition) is 0. The van der Waals surface area contributed by atoms with Gasteiger partial charge in [-0.15, -0.1) is 22.7 Å². The molecule has 68 heavy (non-hydrogen) atoms. The van der Waals surface area contributed by atoms with Gasteiger partial charge in [-0.1, -0.05) is 141 Å². The van der Waals surface area contributed by atoms with Crippen LogP contribution in [0, 0.1) is 0 Å². The second-order valence-corrected chi connectivity index (χ2v) is 25.6. The molecule has 0 spiro atoms. The average Bonchev–Trinajstić information content (AvgIpc) is 4.05. The van der Waals surface area contributed by atoms with Crippen molar-refractivity contribution in [2.75, 3.05) is 4.81 Å². The highest BCUT2D eigenvalue weighted by atomic mass is 32.1. The van der Waals surface area contributed by atoms with Gasteiger partial charge >= 0.3 is 6.85 Å². The standard InChI is InChI=1S/C63H53BN2S2/c1-60(2,3)34-22-24-35(25-23-34)66-49-33-53-40(37-17-11-14-20-51(37)67-53)28-41(49)54-55-38-18-12-15-21-52(38)68-59(55)56-42-29-45-46(62(6,7)27-26-61(45,4)5)32-48(42)65-50-30-39-36-16-10-13-19-43(36)63(8,9)44(39)31-47(50)64(66)57(54)58(56)65/h10-25,28-33H,26-27H2,1-9H3. The molecular weight excluding hydrogens is 860 g/mol. The summed E-state index contributed by atoms with van der Waals surface area (Å²) < 4.78 is 8.22. The molecule has 0 unspecified atom stereocenters. The van der Waals surface area contributed by atoms with E-state index in [9.17, 15) is 0 Å². The quantitative estimate of drug-likeness (QED) is 0.149. The van der Waals surface area contributed by atoms with E-state index in [1.54, 1.807) is 0 Å². The van der Waals surface area contributed by atoms with Crippen LogP contribution in [0.3, 0.4) is 0 Å². The Morgan fingerprint density at radius 3 is 1.96 bits per heavy atom. The second kappa shape index (κ2) is 12.7. The SMILES string of the molecule is CC(C)(C)c1ccc(N2B3c4cc5c(cc4-n4c6cc7c(cc6c6c8sc9ccccc9c8c(c3c64)-c3cc4c(cc32)sc2ccccc24)C(C)(C)CCC7(C)C)-c2ccccc2C5(C)C)cc1. The first kappa shape index (κ1) is 39.8. The third-order valence-electron chi connectivity index (χ3n) is 17.4. The van der Waals surface area contributed by atoms with Gasteiger partial charge in [0.1, 0.15) is 0 Å². The number of hydrogen-bond acceptors (Lipinski definition) is 3. The van der Waals surface area contributed by atoms with Crippen LogP contribution in [0.5, 0.6) is 0 Å². The molecule has 4 aliphatic rings. The molecule has 0 fully saturated rings. The average molecular weight is 913 g/mol. The fourth-order valence-electron chi connectivity index (χ4n) is 13.7. The van der Waals surface area contributed by atoms with Crippen molar-refractivity contribution >= 4 is 114 Å². The van der Waals surface area contributed by atoms with Crippen molar-refractivity contribution in [3.63, 3.8) is 0 Å². The van der Waals surface area contributed by atoms with Gasteiger partial charge in [-0.2, -0.15) is 0 Å². The lowest BCUT2D eigenvalue weighted by Crippen LogP contribution is -2.60. The normalized spacial score (nSPS) is 17.1. The zero-order valence-corrected chi connectivity index (χ0v) is 42.0. The minimum absolute atomic E-state index is 0.0355. The zero-order chi connectivity index (χ0) is 46.1. The van der Waals surface area contributed by atoms with Gasteiger partial charge in [-0.05, 0) is 139 Å². The largest absolute Gasteiger partial charge is 0.376 e. The molecule has 5 heteroatoms. The number of thiophene rings is 2. The van der Waals surface area contributed by atoms with Gasteiger partial charge in [0.15, 0.2) is 0 Å². The van der Waals surface area contributed by atoms with E-state index >= 15 is 0 Å². The van der Waals surface area contributed by atoms with E-state index < -0.39 is 0 Å². The molecule has 15 rings (SSSR count). The van der Waals surface area contributed by atoms with Gasteiger partial charge in [0, 0.05) is 79.2 Å². The first-order chi connectivity index (χ1) is 32.6. The highest BCUT2D eigenvalue weighted by Crippen LogP contribution is 2.57. The minimum atomic E-state index is -0.157. The van der Waals surface area contributed by atoms with Crippen molar-refractivity contribution in [2.45, 2.75) is 96.8 Å². The predicted octanol–water partition coefficient (Wildman–Crippen LogP) is 16.7. The number of aromatic nitrogens is 1. The van der Waals surface area contributed by atoms with E-state index in [4.69, 9.17) is 0 Å². The van der Waals surface area contributed by atoms with Gasteiger partial charge in [-0.25, -0.2) is 0 Å². The molecule has 8 aromatic carbocycles. The molecule has 0 N–H and O–H groups in total. The Hall–Kier alpha value is -6.14. The molecule has 0 bridgehead atoms. The Labute approximate surface area is 407 Å². The zero-order valence-electron chi connectivity index (χ0n) is 40.4. The highest BCUT2D eigenvalue weighted by Gasteiger charge is 2.48. The summed E-state index contributed by atoms with van der Waals surface area (Å²) in [7, 11) is 0. The Kier molecular flexibility index (Phi) is 7.46. The molecule has 0 atom stereocenters. The van der Waals surface area contributed by atoms with Crippen molar-refractivity contribution < 1.29 is 0 Å². The van der Waals surface area contributed by atoms with Crippen molar-refractivity contribution in [1.29, 1.82) is 0 Å². The Morgan fingerprint density at radius 2 is 1.21 bits per heavy atom. The van der Waals surface area contributed by atoms with Crippen LogP contribution in [0.4, 0.5) is 11.4 Å². The van der Waals surface area contributed by atoms with E-state index in [1.807, 2.05) is 22.7 Å². The van der Waals surface area contributed by atoms with Crippen LogP contribution in [0.15, 0.2) is 133 Å². The van der Waals surface area contributed by atoms with Gasteiger partial charge in [-0.3, -0.25) is 0 Å². The molecule has 2 aliphatic carbocycles. The van der Waals surface area contributed by atoms with Crippen molar-refractivity contribution in [3.8, 4) is 27.9 Å². The number of rotatable bonds is 1. The molecule has 0 saturated carbocycles. The smallest absolute Gasteiger partial charge is 0.333 e. The minimum Gasteiger partial charge on any atom is -0.376 e. The van der Waals surface area contributed by atoms with Crippen molar-refractivity contribution in [2.24, 2.45) is 0 Å². The number of anilines is 2. The summed E-state index contributed by atoms with van der Waals surface area (Å²) in [6.45, 7) is 21.8. The van der Waals surface area contributed by atoms with Crippen LogP contribution in [0.25, 0.3) is 90.1 Å². The molecule has 3 aromatic heterocycles. The summed E-state index contributed by atoms with van der Waals surface area (Å²) >= 11 is 3.94. The third kappa shape index (κ3) is 4.89. The summed E-state index contributed by atoms with van der Waals surface area (Å²) in [6.07, 6.45) is 2.36. The monoisotopic (exact) mass is 912 g/mol. The fourth-order valence-corrected chi connectivity index (χ4v) is 16.0. The molecule has 0 amide bonds.